The third-order valence-electron chi connectivity index (χ3n) is 5.64. The van der Waals surface area contributed by atoms with E-state index in [1.165, 1.54) is 6.92 Å². The summed E-state index contributed by atoms with van der Waals surface area (Å²) in [7, 11) is 0. The van der Waals surface area contributed by atoms with Gasteiger partial charge in [-0.15, -0.1) is 0 Å². The average Bonchev–Trinajstić information content (AvgIpc) is 3.22. The molecule has 2 heterocycles. The lowest BCUT2D eigenvalue weighted by molar-refractivity contribution is -0.147. The summed E-state index contributed by atoms with van der Waals surface area (Å²) in [6.07, 6.45) is 0.0728. The van der Waals surface area contributed by atoms with Crippen LogP contribution < -0.4 is 0 Å². The van der Waals surface area contributed by atoms with E-state index in [-0.39, 0.29) is 37.7 Å². The Labute approximate surface area is 168 Å². The monoisotopic (exact) mass is 409 g/mol. The van der Waals surface area contributed by atoms with Crippen LogP contribution in [0.25, 0.3) is 0 Å². The number of rotatable bonds is 7. The molecule has 0 amide bonds. The first-order valence-corrected chi connectivity index (χ1v) is 9.66. The van der Waals surface area contributed by atoms with Crippen molar-refractivity contribution in [2.45, 2.75) is 51.9 Å². The molecule has 1 saturated heterocycles. The van der Waals surface area contributed by atoms with E-state index >= 15 is 4.39 Å². The van der Waals surface area contributed by atoms with Gasteiger partial charge in [-0.2, -0.15) is 13.9 Å². The summed E-state index contributed by atoms with van der Waals surface area (Å²) in [5, 5.41) is 3.75. The first-order valence-electron chi connectivity index (χ1n) is 9.66. The summed E-state index contributed by atoms with van der Waals surface area (Å²) in [5.74, 6) is -0.642. The molecule has 1 aromatic heterocycles. The van der Waals surface area contributed by atoms with Crippen molar-refractivity contribution in [3.8, 4) is 0 Å². The fourth-order valence-corrected chi connectivity index (χ4v) is 3.80. The highest BCUT2D eigenvalue weighted by Crippen LogP contribution is 2.32. The minimum Gasteiger partial charge on any atom is -0.462 e. The van der Waals surface area contributed by atoms with Gasteiger partial charge in [0.05, 0.1) is 12.1 Å². The smallest absolute Gasteiger partial charge is 0.333 e. The Kier molecular flexibility index (Phi) is 6.31. The molecule has 1 aliphatic heterocycles. The van der Waals surface area contributed by atoms with Gasteiger partial charge < -0.3 is 4.74 Å². The van der Waals surface area contributed by atoms with Gasteiger partial charge in [-0.1, -0.05) is 30.3 Å². The van der Waals surface area contributed by atoms with Crippen LogP contribution in [-0.2, 0) is 16.0 Å². The Morgan fingerprint density at radius 1 is 1.28 bits per heavy atom. The molecule has 0 aliphatic carbocycles. The fraction of sp³-hybridized carbons (Fsp3) is 0.524. The number of aromatic nitrogens is 2. The van der Waals surface area contributed by atoms with Gasteiger partial charge in [0, 0.05) is 30.4 Å². The summed E-state index contributed by atoms with van der Waals surface area (Å²) >= 11 is 0. The van der Waals surface area contributed by atoms with Crippen molar-refractivity contribution in [1.29, 1.82) is 0 Å². The SMILES string of the molecule is Cc1nn(C(F)F)c(C)c1CC(=O)OCC1(F)CCN([C@H](C)c2ccccc2)C1. The van der Waals surface area contributed by atoms with Crippen LogP contribution in [0.2, 0.25) is 0 Å². The van der Waals surface area contributed by atoms with Crippen molar-refractivity contribution in [2.75, 3.05) is 19.7 Å². The summed E-state index contributed by atoms with van der Waals surface area (Å²) in [6, 6.07) is 9.92. The molecule has 0 N–H and O–H groups in total. The van der Waals surface area contributed by atoms with Crippen molar-refractivity contribution >= 4 is 5.97 Å². The van der Waals surface area contributed by atoms with Crippen LogP contribution in [0.15, 0.2) is 30.3 Å². The Hall–Kier alpha value is -2.35. The average molecular weight is 409 g/mol. The molecule has 1 fully saturated rings. The zero-order valence-corrected chi connectivity index (χ0v) is 16.9. The zero-order valence-electron chi connectivity index (χ0n) is 16.9. The molecule has 5 nitrogen and oxygen atoms in total. The standard InChI is InChI=1S/C21H26F3N3O2/c1-14-18(16(3)27(25-14)20(22)23)11-19(28)29-13-21(24)9-10-26(12-21)15(2)17-7-5-4-6-8-17/h4-8,15,20H,9-13H2,1-3H3/t15-,21?/m1/s1. The number of hydrogen-bond donors (Lipinski definition) is 0. The van der Waals surface area contributed by atoms with E-state index in [1.807, 2.05) is 42.2 Å². The summed E-state index contributed by atoms with van der Waals surface area (Å²) < 4.78 is 46.8. The van der Waals surface area contributed by atoms with Crippen molar-refractivity contribution in [3.05, 3.63) is 52.8 Å². The normalized spacial score (nSPS) is 20.9. The number of likely N-dealkylation sites (tertiary alicyclic amines) is 1. The maximum absolute atomic E-state index is 15.2. The van der Waals surface area contributed by atoms with Crippen molar-refractivity contribution in [3.63, 3.8) is 0 Å². The number of carbonyl (C=O) groups excluding carboxylic acids is 1. The number of carbonyl (C=O) groups is 1. The number of halogens is 3. The lowest BCUT2D eigenvalue weighted by atomic mass is 10.1. The predicted molar refractivity (Wildman–Crippen MR) is 103 cm³/mol. The van der Waals surface area contributed by atoms with Crippen LogP contribution in [0.1, 0.15) is 48.5 Å². The zero-order chi connectivity index (χ0) is 21.2. The van der Waals surface area contributed by atoms with Crippen LogP contribution in [0, 0.1) is 13.8 Å². The molecule has 3 rings (SSSR count). The topological polar surface area (TPSA) is 47.4 Å². The quantitative estimate of drug-likeness (QED) is 0.645. The molecule has 1 unspecified atom stereocenters. The Morgan fingerprint density at radius 2 is 1.97 bits per heavy atom. The number of hydrogen-bond acceptors (Lipinski definition) is 4. The lowest BCUT2D eigenvalue weighted by Crippen LogP contribution is -2.35. The Morgan fingerprint density at radius 3 is 2.59 bits per heavy atom. The summed E-state index contributed by atoms with van der Waals surface area (Å²) in [4.78, 5) is 14.2. The van der Waals surface area contributed by atoms with Gasteiger partial charge in [0.25, 0.3) is 0 Å². The number of ether oxygens (including phenoxy) is 1. The minimum absolute atomic E-state index is 0.0648. The van der Waals surface area contributed by atoms with E-state index < -0.39 is 18.2 Å². The van der Waals surface area contributed by atoms with Gasteiger partial charge in [0.2, 0.25) is 0 Å². The second kappa shape index (κ2) is 8.57. The number of benzene rings is 1. The van der Waals surface area contributed by atoms with Gasteiger partial charge in [-0.25, -0.2) is 9.07 Å². The van der Waals surface area contributed by atoms with Crippen LogP contribution in [0.5, 0.6) is 0 Å². The number of esters is 1. The highest BCUT2D eigenvalue weighted by molar-refractivity contribution is 5.73. The summed E-state index contributed by atoms with van der Waals surface area (Å²) in [6.45, 7) is 2.70. The molecule has 0 spiro atoms. The van der Waals surface area contributed by atoms with Crippen LogP contribution in [0.4, 0.5) is 13.2 Å². The first-order chi connectivity index (χ1) is 13.7. The molecule has 29 heavy (non-hydrogen) atoms. The van der Waals surface area contributed by atoms with Gasteiger partial charge in [-0.3, -0.25) is 9.69 Å². The van der Waals surface area contributed by atoms with Crippen LogP contribution in [0.3, 0.4) is 0 Å². The predicted octanol–water partition coefficient (Wildman–Crippen LogP) is 4.16. The molecule has 0 saturated carbocycles. The molecule has 0 bridgehead atoms. The van der Waals surface area contributed by atoms with Crippen molar-refractivity contribution in [2.24, 2.45) is 0 Å². The second-order valence-electron chi connectivity index (χ2n) is 7.67. The van der Waals surface area contributed by atoms with Crippen LogP contribution >= 0.6 is 0 Å². The van der Waals surface area contributed by atoms with Crippen LogP contribution in [-0.4, -0.2) is 46.0 Å². The van der Waals surface area contributed by atoms with E-state index in [0.29, 0.717) is 22.5 Å². The first kappa shape index (κ1) is 21.4. The van der Waals surface area contributed by atoms with E-state index in [9.17, 15) is 13.6 Å². The second-order valence-corrected chi connectivity index (χ2v) is 7.67. The molecule has 1 aliphatic rings. The van der Waals surface area contributed by atoms with E-state index in [2.05, 4.69) is 5.10 Å². The van der Waals surface area contributed by atoms with Crippen molar-refractivity contribution < 1.29 is 22.7 Å². The molecular formula is C21H26F3N3O2. The highest BCUT2D eigenvalue weighted by Gasteiger charge is 2.41. The molecule has 0 radical (unpaired) electrons. The van der Waals surface area contributed by atoms with Gasteiger partial charge in [0.15, 0.2) is 5.67 Å². The Balaban J connectivity index is 1.55. The van der Waals surface area contributed by atoms with E-state index in [4.69, 9.17) is 4.74 Å². The molecule has 2 aromatic rings. The minimum atomic E-state index is -2.77. The van der Waals surface area contributed by atoms with Gasteiger partial charge in [0.1, 0.15) is 6.61 Å². The van der Waals surface area contributed by atoms with Crippen molar-refractivity contribution in [1.82, 2.24) is 14.7 Å². The molecule has 8 heteroatoms. The molecule has 2 atom stereocenters. The Bertz CT molecular complexity index is 856. The van der Waals surface area contributed by atoms with E-state index in [1.54, 1.807) is 6.92 Å². The maximum Gasteiger partial charge on any atom is 0.333 e. The van der Waals surface area contributed by atoms with Gasteiger partial charge >= 0.3 is 12.5 Å². The largest absolute Gasteiger partial charge is 0.462 e. The lowest BCUT2D eigenvalue weighted by Gasteiger charge is -2.26. The third-order valence-corrected chi connectivity index (χ3v) is 5.64. The number of nitrogens with zero attached hydrogens (tertiary/aromatic N) is 3. The summed E-state index contributed by atoms with van der Waals surface area (Å²) in [5.41, 5.74) is 0.451. The number of alkyl halides is 3. The highest BCUT2D eigenvalue weighted by atomic mass is 19.3. The van der Waals surface area contributed by atoms with E-state index in [0.717, 1.165) is 5.56 Å². The number of aryl methyl sites for hydroxylation is 1. The molecule has 158 valence electrons. The van der Waals surface area contributed by atoms with Gasteiger partial charge in [-0.05, 0) is 32.8 Å². The maximum atomic E-state index is 15.2. The third kappa shape index (κ3) is 4.80. The molecular weight excluding hydrogens is 383 g/mol. The molecule has 1 aromatic carbocycles. The fourth-order valence-electron chi connectivity index (χ4n) is 3.80.